The lowest BCUT2D eigenvalue weighted by Gasteiger charge is -2.29. The van der Waals surface area contributed by atoms with E-state index < -0.39 is 0 Å². The fourth-order valence-electron chi connectivity index (χ4n) is 5.64. The van der Waals surface area contributed by atoms with Crippen LogP contribution >= 0.6 is 0 Å². The Morgan fingerprint density at radius 1 is 1.09 bits per heavy atom. The molecule has 2 fully saturated rings. The highest BCUT2D eigenvalue weighted by Crippen LogP contribution is 2.34. The normalized spacial score (nSPS) is 18.9. The monoisotopic (exact) mass is 446 g/mol. The molecule has 0 radical (unpaired) electrons. The topological polar surface area (TPSA) is 81.7 Å². The molecule has 7 nitrogen and oxygen atoms in total. The number of fused-ring (bicyclic) bond motifs is 2. The van der Waals surface area contributed by atoms with Crippen molar-refractivity contribution in [2.75, 3.05) is 31.2 Å². The molecule has 1 saturated carbocycles. The van der Waals surface area contributed by atoms with E-state index in [1.807, 2.05) is 11.0 Å². The SMILES string of the molecule is O=C(c1cc2c(CC3CCCC3)n[nH]c2cc1O)N1Cc2ccc(N3CCOCC3)cc2C1. The lowest BCUT2D eigenvalue weighted by Crippen LogP contribution is -2.36. The minimum atomic E-state index is -0.133. The Labute approximate surface area is 193 Å². The smallest absolute Gasteiger partial charge is 0.258 e. The predicted molar refractivity (Wildman–Crippen MR) is 126 cm³/mol. The first-order valence-electron chi connectivity index (χ1n) is 12.1. The molecule has 3 aliphatic rings. The van der Waals surface area contributed by atoms with E-state index in [-0.39, 0.29) is 11.7 Å². The van der Waals surface area contributed by atoms with Gasteiger partial charge in [0, 0.05) is 43.3 Å². The van der Waals surface area contributed by atoms with E-state index in [0.717, 1.165) is 49.3 Å². The number of carbonyl (C=O) groups is 1. The van der Waals surface area contributed by atoms with Crippen molar-refractivity contribution in [1.29, 1.82) is 0 Å². The van der Waals surface area contributed by atoms with Crippen LogP contribution < -0.4 is 4.90 Å². The fourth-order valence-corrected chi connectivity index (χ4v) is 5.64. The molecule has 1 aliphatic carbocycles. The van der Waals surface area contributed by atoms with Crippen molar-refractivity contribution >= 4 is 22.5 Å². The van der Waals surface area contributed by atoms with Crippen molar-refractivity contribution in [2.24, 2.45) is 5.92 Å². The summed E-state index contributed by atoms with van der Waals surface area (Å²) in [6.45, 7) is 4.41. The largest absolute Gasteiger partial charge is 0.507 e. The number of ether oxygens (including phenoxy) is 1. The molecular formula is C26H30N4O3. The van der Waals surface area contributed by atoms with Crippen molar-refractivity contribution in [3.8, 4) is 5.75 Å². The number of aromatic nitrogens is 2. The van der Waals surface area contributed by atoms with Crippen LogP contribution in [0, 0.1) is 5.92 Å². The number of rotatable bonds is 4. The second kappa shape index (κ2) is 8.37. The summed E-state index contributed by atoms with van der Waals surface area (Å²) in [5.74, 6) is 0.540. The average molecular weight is 447 g/mol. The number of amides is 1. The van der Waals surface area contributed by atoms with Crippen molar-refractivity contribution < 1.29 is 14.6 Å². The molecule has 0 spiro atoms. The second-order valence-electron chi connectivity index (χ2n) is 9.65. The first kappa shape index (κ1) is 20.5. The van der Waals surface area contributed by atoms with Crippen molar-refractivity contribution in [1.82, 2.24) is 15.1 Å². The average Bonchev–Trinajstić information content (AvgIpc) is 3.59. The Balaban J connectivity index is 1.24. The zero-order valence-corrected chi connectivity index (χ0v) is 18.8. The Morgan fingerprint density at radius 2 is 1.88 bits per heavy atom. The van der Waals surface area contributed by atoms with Gasteiger partial charge in [-0.2, -0.15) is 5.10 Å². The van der Waals surface area contributed by atoms with Crippen molar-refractivity contribution in [2.45, 2.75) is 45.2 Å². The fraction of sp³-hybridized carbons (Fsp3) is 0.462. The van der Waals surface area contributed by atoms with Crippen LogP contribution in [-0.4, -0.2) is 52.4 Å². The summed E-state index contributed by atoms with van der Waals surface area (Å²) in [6.07, 6.45) is 6.01. The number of hydrogen-bond acceptors (Lipinski definition) is 5. The van der Waals surface area contributed by atoms with Gasteiger partial charge in [0.15, 0.2) is 0 Å². The van der Waals surface area contributed by atoms with E-state index in [2.05, 4.69) is 33.3 Å². The molecule has 3 heterocycles. The molecule has 0 unspecified atom stereocenters. The molecule has 0 atom stereocenters. The van der Waals surface area contributed by atoms with Gasteiger partial charge in [0.2, 0.25) is 0 Å². The van der Waals surface area contributed by atoms with Crippen molar-refractivity contribution in [3.63, 3.8) is 0 Å². The number of hydrogen-bond donors (Lipinski definition) is 2. The zero-order chi connectivity index (χ0) is 22.4. The molecule has 172 valence electrons. The Kier molecular flexibility index (Phi) is 5.21. The summed E-state index contributed by atoms with van der Waals surface area (Å²) in [6, 6.07) is 9.96. The van der Waals surface area contributed by atoms with Crippen LogP contribution in [0.1, 0.15) is 52.9 Å². The first-order valence-corrected chi connectivity index (χ1v) is 12.1. The number of phenolic OH excluding ortho intramolecular Hbond substituents is 1. The standard InChI is InChI=1S/C26H30N4O3/c31-25-14-24-21(23(27-28-24)11-17-3-1-2-4-17)13-22(25)26(32)30-15-18-5-6-20(12-19(18)16-30)29-7-9-33-10-8-29/h5-6,12-14,17,31H,1-4,7-11,15-16H2,(H,27,28). The number of nitrogens with zero attached hydrogens (tertiary/aromatic N) is 3. The van der Waals surface area contributed by atoms with Gasteiger partial charge in [0.1, 0.15) is 5.75 Å². The van der Waals surface area contributed by atoms with Gasteiger partial charge in [0.05, 0.1) is 30.0 Å². The molecule has 3 aromatic rings. The third-order valence-corrected chi connectivity index (χ3v) is 7.52. The van der Waals surface area contributed by atoms with Crippen LogP contribution in [0.15, 0.2) is 30.3 Å². The lowest BCUT2D eigenvalue weighted by molar-refractivity contribution is 0.0748. The van der Waals surface area contributed by atoms with E-state index in [4.69, 9.17) is 4.74 Å². The number of anilines is 1. The molecule has 2 N–H and O–H groups in total. The quantitative estimate of drug-likeness (QED) is 0.633. The number of aromatic amines is 1. The highest BCUT2D eigenvalue weighted by Gasteiger charge is 2.28. The molecule has 2 aliphatic heterocycles. The van der Waals surface area contributed by atoms with Gasteiger partial charge in [-0.05, 0) is 41.7 Å². The van der Waals surface area contributed by atoms with Gasteiger partial charge >= 0.3 is 0 Å². The summed E-state index contributed by atoms with van der Waals surface area (Å²) in [4.78, 5) is 17.6. The van der Waals surface area contributed by atoms with Crippen LogP contribution in [0.5, 0.6) is 5.75 Å². The molecular weight excluding hydrogens is 416 g/mol. The first-order chi connectivity index (χ1) is 16.2. The van der Waals surface area contributed by atoms with Gasteiger partial charge in [0.25, 0.3) is 5.91 Å². The van der Waals surface area contributed by atoms with Crippen LogP contribution in [-0.2, 0) is 24.2 Å². The van der Waals surface area contributed by atoms with Gasteiger partial charge in [-0.3, -0.25) is 9.89 Å². The molecule has 0 bridgehead atoms. The number of nitrogens with one attached hydrogen (secondary N) is 1. The molecule has 7 heteroatoms. The molecule has 33 heavy (non-hydrogen) atoms. The minimum absolute atomic E-state index is 0.00790. The maximum atomic E-state index is 13.5. The molecule has 2 aromatic carbocycles. The summed E-state index contributed by atoms with van der Waals surface area (Å²) < 4.78 is 5.47. The van der Waals surface area contributed by atoms with Crippen LogP contribution in [0.3, 0.4) is 0 Å². The van der Waals surface area contributed by atoms with Gasteiger partial charge in [-0.25, -0.2) is 0 Å². The number of carbonyl (C=O) groups excluding carboxylic acids is 1. The Morgan fingerprint density at radius 3 is 2.70 bits per heavy atom. The number of H-pyrrole nitrogens is 1. The number of morpholine rings is 1. The summed E-state index contributed by atoms with van der Waals surface area (Å²) in [5, 5.41) is 19.2. The van der Waals surface area contributed by atoms with Crippen molar-refractivity contribution in [3.05, 3.63) is 52.7 Å². The summed E-state index contributed by atoms with van der Waals surface area (Å²) >= 11 is 0. The maximum Gasteiger partial charge on any atom is 0.258 e. The lowest BCUT2D eigenvalue weighted by atomic mass is 9.99. The summed E-state index contributed by atoms with van der Waals surface area (Å²) in [5.41, 5.74) is 5.69. The third-order valence-electron chi connectivity index (χ3n) is 7.52. The van der Waals surface area contributed by atoms with E-state index in [1.54, 1.807) is 6.07 Å². The molecule has 6 rings (SSSR count). The van der Waals surface area contributed by atoms with Crippen LogP contribution in [0.4, 0.5) is 5.69 Å². The van der Waals surface area contributed by atoms with Gasteiger partial charge < -0.3 is 19.6 Å². The highest BCUT2D eigenvalue weighted by atomic mass is 16.5. The van der Waals surface area contributed by atoms with Crippen LogP contribution in [0.2, 0.25) is 0 Å². The van der Waals surface area contributed by atoms with Gasteiger partial charge in [-0.1, -0.05) is 31.7 Å². The number of phenols is 1. The van der Waals surface area contributed by atoms with E-state index in [9.17, 15) is 9.90 Å². The Hall–Kier alpha value is -3.06. The highest BCUT2D eigenvalue weighted by molar-refractivity contribution is 6.01. The zero-order valence-electron chi connectivity index (χ0n) is 18.8. The number of aromatic hydroxyl groups is 1. The van der Waals surface area contributed by atoms with Crippen LogP contribution in [0.25, 0.3) is 10.9 Å². The van der Waals surface area contributed by atoms with E-state index in [0.29, 0.717) is 24.6 Å². The van der Waals surface area contributed by atoms with Gasteiger partial charge in [-0.15, -0.1) is 0 Å². The minimum Gasteiger partial charge on any atom is -0.507 e. The van der Waals surface area contributed by atoms with E-state index in [1.165, 1.54) is 42.5 Å². The predicted octanol–water partition coefficient (Wildman–Crippen LogP) is 3.99. The number of benzene rings is 2. The molecule has 1 amide bonds. The summed E-state index contributed by atoms with van der Waals surface area (Å²) in [7, 11) is 0. The molecule has 1 aromatic heterocycles. The second-order valence-corrected chi connectivity index (χ2v) is 9.65. The van der Waals surface area contributed by atoms with E-state index >= 15 is 0 Å². The molecule has 1 saturated heterocycles. The Bertz CT molecular complexity index is 1190. The maximum absolute atomic E-state index is 13.5. The third kappa shape index (κ3) is 3.84.